The second-order valence-corrected chi connectivity index (χ2v) is 12.0. The van der Waals surface area contributed by atoms with Gasteiger partial charge in [0.15, 0.2) is 0 Å². The molecule has 5 N–H and O–H groups in total. The van der Waals surface area contributed by atoms with Crippen LogP contribution in [0.15, 0.2) is 12.5 Å². The molecule has 0 unspecified atom stereocenters. The van der Waals surface area contributed by atoms with Crippen LogP contribution in [-0.2, 0) is 42.2 Å². The number of rotatable bonds is 11. The highest BCUT2D eigenvalue weighted by molar-refractivity contribution is 5.97. The van der Waals surface area contributed by atoms with E-state index in [-0.39, 0.29) is 13.0 Å². The van der Waals surface area contributed by atoms with Gasteiger partial charge >= 0.3 is 12.1 Å². The summed E-state index contributed by atoms with van der Waals surface area (Å²) in [7, 11) is 1.76. The summed E-state index contributed by atoms with van der Waals surface area (Å²) in [6.07, 6.45) is 3.34. The predicted octanol–water partition coefficient (Wildman–Crippen LogP) is -0.164. The Morgan fingerprint density at radius 2 is 1.69 bits per heavy atom. The summed E-state index contributed by atoms with van der Waals surface area (Å²) in [4.78, 5) is 81.3. The Bertz CT molecular complexity index is 1190. The Labute approximate surface area is 245 Å². The van der Waals surface area contributed by atoms with Crippen molar-refractivity contribution >= 4 is 35.7 Å². The number of ether oxygens (including phenoxy) is 1. The largest absolute Gasteiger partial charge is 0.480 e. The molecule has 0 aromatic carbocycles. The van der Waals surface area contributed by atoms with Crippen molar-refractivity contribution in [2.45, 2.75) is 103 Å². The quantitative estimate of drug-likeness (QED) is 0.231. The smallest absolute Gasteiger partial charge is 0.408 e. The first-order valence-corrected chi connectivity index (χ1v) is 13.7. The van der Waals surface area contributed by atoms with Crippen LogP contribution in [0.3, 0.4) is 0 Å². The molecule has 2 rings (SSSR count). The van der Waals surface area contributed by atoms with Crippen molar-refractivity contribution < 1.29 is 38.6 Å². The van der Waals surface area contributed by atoms with Gasteiger partial charge in [-0.05, 0) is 61.3 Å². The number of hydrogen-bond acceptors (Lipinski definition) is 8. The van der Waals surface area contributed by atoms with E-state index in [0.717, 1.165) is 0 Å². The van der Waals surface area contributed by atoms with Gasteiger partial charge in [0.05, 0.1) is 6.33 Å². The zero-order valence-corrected chi connectivity index (χ0v) is 25.4. The van der Waals surface area contributed by atoms with Crippen LogP contribution in [0.5, 0.6) is 0 Å². The van der Waals surface area contributed by atoms with Gasteiger partial charge in [-0.15, -0.1) is 0 Å². The maximum Gasteiger partial charge on any atom is 0.408 e. The summed E-state index contributed by atoms with van der Waals surface area (Å²) in [5.41, 5.74) is -1.60. The standard InChI is InChI=1S/C27H43N7O8/c1-15(20(35)29-16(2)23(38)39)30-24(40)27(6,7)32-21(36)19-10-9-11-34(19)22(37)18(12-17-13-28-14-33(17)8)31-25(41)42-26(3,4)5/h13-16,18-19H,9-12H2,1-8H3,(H,29,35)(H,30,40)(H,31,41)(H,32,36)(H,38,39)/t15-,16-,18+,19-/m1/s1. The second-order valence-electron chi connectivity index (χ2n) is 12.0. The normalized spacial score (nSPS) is 17.4. The number of amides is 5. The predicted molar refractivity (Wildman–Crippen MR) is 150 cm³/mol. The Kier molecular flexibility index (Phi) is 11.1. The summed E-state index contributed by atoms with van der Waals surface area (Å²) in [6, 6.07) is -4.18. The number of carboxylic acid groups (broad SMARTS) is 1. The molecule has 2 heterocycles. The Balaban J connectivity index is 2.14. The van der Waals surface area contributed by atoms with Crippen LogP contribution in [0, 0.1) is 0 Å². The summed E-state index contributed by atoms with van der Waals surface area (Å²) in [5.74, 6) is -3.68. The number of carboxylic acids is 1. The van der Waals surface area contributed by atoms with E-state index in [2.05, 4.69) is 26.3 Å². The fraction of sp³-hybridized carbons (Fsp3) is 0.667. The van der Waals surface area contributed by atoms with Crippen molar-refractivity contribution in [2.24, 2.45) is 7.05 Å². The van der Waals surface area contributed by atoms with Crippen LogP contribution in [0.2, 0.25) is 0 Å². The van der Waals surface area contributed by atoms with E-state index in [0.29, 0.717) is 18.5 Å². The van der Waals surface area contributed by atoms with Crippen LogP contribution in [0.4, 0.5) is 4.79 Å². The molecule has 1 aliphatic rings. The molecule has 1 aromatic rings. The van der Waals surface area contributed by atoms with Crippen molar-refractivity contribution in [1.29, 1.82) is 0 Å². The van der Waals surface area contributed by atoms with E-state index in [1.54, 1.807) is 44.9 Å². The van der Waals surface area contributed by atoms with Crippen LogP contribution in [0.25, 0.3) is 0 Å². The first-order chi connectivity index (χ1) is 19.3. The molecule has 0 saturated carbocycles. The highest BCUT2D eigenvalue weighted by Crippen LogP contribution is 2.21. The van der Waals surface area contributed by atoms with Crippen molar-refractivity contribution in [3.8, 4) is 0 Å². The minimum atomic E-state index is -1.48. The van der Waals surface area contributed by atoms with Gasteiger partial charge in [-0.25, -0.2) is 9.78 Å². The molecule has 0 bridgehead atoms. The molecule has 0 spiro atoms. The average Bonchev–Trinajstić information content (AvgIpc) is 3.50. The lowest BCUT2D eigenvalue weighted by Gasteiger charge is -2.32. The highest BCUT2D eigenvalue weighted by Gasteiger charge is 2.41. The maximum atomic E-state index is 13.7. The summed E-state index contributed by atoms with van der Waals surface area (Å²) >= 11 is 0. The number of aromatic nitrogens is 2. The monoisotopic (exact) mass is 593 g/mol. The van der Waals surface area contributed by atoms with E-state index in [1.807, 2.05) is 0 Å². The molecule has 1 fully saturated rings. The summed E-state index contributed by atoms with van der Waals surface area (Å²) in [6.45, 7) is 10.9. The number of likely N-dealkylation sites (tertiary alicyclic amines) is 1. The topological polar surface area (TPSA) is 201 Å². The van der Waals surface area contributed by atoms with Crippen LogP contribution >= 0.6 is 0 Å². The number of carbonyl (C=O) groups is 6. The number of carbonyl (C=O) groups excluding carboxylic acids is 5. The SMILES string of the molecule is C[C@@H](NC(=O)[C@@H](C)NC(=O)C(C)(C)NC(=O)[C@H]1CCCN1C(=O)[C@H](Cc1cncn1C)NC(=O)OC(C)(C)C)C(=O)O. The Morgan fingerprint density at radius 3 is 2.24 bits per heavy atom. The highest BCUT2D eigenvalue weighted by atomic mass is 16.6. The van der Waals surface area contributed by atoms with E-state index in [4.69, 9.17) is 9.84 Å². The molecule has 234 valence electrons. The Morgan fingerprint density at radius 1 is 1.05 bits per heavy atom. The second kappa shape index (κ2) is 13.7. The third-order valence-electron chi connectivity index (χ3n) is 6.63. The number of aliphatic carboxylic acids is 1. The number of alkyl carbamates (subject to hydrolysis) is 1. The van der Waals surface area contributed by atoms with Crippen molar-refractivity contribution in [3.05, 3.63) is 18.2 Å². The number of nitrogens with zero attached hydrogens (tertiary/aromatic N) is 3. The molecule has 4 atom stereocenters. The minimum absolute atomic E-state index is 0.105. The Hall–Kier alpha value is -4.17. The van der Waals surface area contributed by atoms with Gasteiger partial charge in [-0.1, -0.05) is 0 Å². The van der Waals surface area contributed by atoms with E-state index in [9.17, 15) is 28.8 Å². The van der Waals surface area contributed by atoms with Crippen LogP contribution in [-0.4, -0.2) is 97.1 Å². The van der Waals surface area contributed by atoms with Gasteiger partial charge in [0.1, 0.15) is 35.3 Å². The lowest BCUT2D eigenvalue weighted by Crippen LogP contribution is -2.62. The van der Waals surface area contributed by atoms with E-state index >= 15 is 0 Å². The zero-order valence-electron chi connectivity index (χ0n) is 25.4. The van der Waals surface area contributed by atoms with E-state index in [1.165, 1.54) is 32.6 Å². The molecule has 42 heavy (non-hydrogen) atoms. The van der Waals surface area contributed by atoms with Gasteiger partial charge < -0.3 is 40.6 Å². The molecule has 0 aliphatic carbocycles. The molecule has 15 heteroatoms. The van der Waals surface area contributed by atoms with Crippen molar-refractivity contribution in [1.82, 2.24) is 35.7 Å². The van der Waals surface area contributed by atoms with Gasteiger partial charge in [0, 0.05) is 31.9 Å². The molecule has 1 aliphatic heterocycles. The van der Waals surface area contributed by atoms with Gasteiger partial charge in [-0.3, -0.25) is 24.0 Å². The van der Waals surface area contributed by atoms with Crippen LogP contribution < -0.4 is 21.3 Å². The van der Waals surface area contributed by atoms with Crippen LogP contribution in [0.1, 0.15) is 67.0 Å². The molecule has 1 aromatic heterocycles. The molecule has 15 nitrogen and oxygen atoms in total. The average molecular weight is 594 g/mol. The van der Waals surface area contributed by atoms with E-state index < -0.39 is 71.0 Å². The van der Waals surface area contributed by atoms with Gasteiger partial charge in [0.25, 0.3) is 0 Å². The fourth-order valence-corrected chi connectivity index (χ4v) is 4.23. The molecule has 1 saturated heterocycles. The molecular weight excluding hydrogens is 550 g/mol. The number of imidazole rings is 1. The summed E-state index contributed by atoms with van der Waals surface area (Å²) in [5, 5.41) is 19.0. The third kappa shape index (κ3) is 9.45. The lowest BCUT2D eigenvalue weighted by atomic mass is 10.0. The summed E-state index contributed by atoms with van der Waals surface area (Å²) < 4.78 is 7.07. The fourth-order valence-electron chi connectivity index (χ4n) is 4.23. The first-order valence-electron chi connectivity index (χ1n) is 13.7. The van der Waals surface area contributed by atoms with Gasteiger partial charge in [0.2, 0.25) is 23.6 Å². The minimum Gasteiger partial charge on any atom is -0.480 e. The third-order valence-corrected chi connectivity index (χ3v) is 6.63. The van der Waals surface area contributed by atoms with Crippen molar-refractivity contribution in [3.63, 3.8) is 0 Å². The molecular formula is C27H43N7O8. The number of nitrogens with one attached hydrogen (secondary N) is 4. The lowest BCUT2D eigenvalue weighted by molar-refractivity contribution is -0.142. The molecule has 5 amide bonds. The maximum absolute atomic E-state index is 13.7. The zero-order chi connectivity index (χ0) is 32.0. The number of hydrogen-bond donors (Lipinski definition) is 5. The first kappa shape index (κ1) is 34.0. The van der Waals surface area contributed by atoms with Crippen molar-refractivity contribution in [2.75, 3.05) is 6.54 Å². The van der Waals surface area contributed by atoms with Gasteiger partial charge in [-0.2, -0.15) is 0 Å². The number of aryl methyl sites for hydroxylation is 1. The molecule has 0 radical (unpaired) electrons.